The second-order valence-electron chi connectivity index (χ2n) is 8.02. The first-order chi connectivity index (χ1) is 15.7. The van der Waals surface area contributed by atoms with Gasteiger partial charge in [0.2, 0.25) is 0 Å². The van der Waals surface area contributed by atoms with Crippen molar-refractivity contribution >= 4 is 27.6 Å². The average Bonchev–Trinajstić information content (AvgIpc) is 3.48. The summed E-state index contributed by atoms with van der Waals surface area (Å²) >= 11 is 0. The van der Waals surface area contributed by atoms with Gasteiger partial charge in [0.15, 0.2) is 5.78 Å². The molecule has 0 saturated carbocycles. The zero-order chi connectivity index (χ0) is 21.5. The highest BCUT2D eigenvalue weighted by Gasteiger charge is 2.11. The van der Waals surface area contributed by atoms with Crippen LogP contribution in [0.2, 0.25) is 0 Å². The van der Waals surface area contributed by atoms with Crippen LogP contribution >= 0.6 is 0 Å². The van der Waals surface area contributed by atoms with E-state index in [0.717, 1.165) is 33.5 Å². The van der Waals surface area contributed by atoms with E-state index in [0.29, 0.717) is 11.1 Å². The smallest absolute Gasteiger partial charge is 0.193 e. The third-order valence-electron chi connectivity index (χ3n) is 5.98. The van der Waals surface area contributed by atoms with E-state index in [1.54, 1.807) is 0 Å². The molecule has 3 nitrogen and oxygen atoms in total. The second-order valence-corrected chi connectivity index (χ2v) is 8.02. The molecule has 0 radical (unpaired) electrons. The van der Waals surface area contributed by atoms with Gasteiger partial charge in [-0.25, -0.2) is 0 Å². The van der Waals surface area contributed by atoms with Crippen LogP contribution in [0, 0.1) is 0 Å². The van der Waals surface area contributed by atoms with Crippen molar-refractivity contribution in [3.05, 3.63) is 120 Å². The van der Waals surface area contributed by atoms with Crippen molar-refractivity contribution in [3.63, 3.8) is 0 Å². The number of H-pyrrole nitrogens is 2. The largest absolute Gasteiger partial charge is 0.355 e. The lowest BCUT2D eigenvalue weighted by atomic mass is 9.99. The van der Waals surface area contributed by atoms with Crippen molar-refractivity contribution in [1.29, 1.82) is 0 Å². The van der Waals surface area contributed by atoms with Crippen LogP contribution < -0.4 is 0 Å². The molecule has 2 N–H and O–H groups in total. The van der Waals surface area contributed by atoms with Gasteiger partial charge in [-0.1, -0.05) is 84.9 Å². The molecule has 0 bridgehead atoms. The summed E-state index contributed by atoms with van der Waals surface area (Å²) in [6, 6.07) is 36.3. The van der Waals surface area contributed by atoms with Gasteiger partial charge in [0.05, 0.1) is 0 Å². The number of hydrogen-bond donors (Lipinski definition) is 2. The maximum Gasteiger partial charge on any atom is 0.193 e. The normalized spacial score (nSPS) is 11.2. The van der Waals surface area contributed by atoms with Crippen molar-refractivity contribution in [1.82, 2.24) is 9.97 Å². The Morgan fingerprint density at radius 2 is 0.906 bits per heavy atom. The fourth-order valence-corrected chi connectivity index (χ4v) is 4.23. The third kappa shape index (κ3) is 3.21. The molecule has 0 atom stereocenters. The first-order valence-corrected chi connectivity index (χ1v) is 10.7. The molecule has 2 heterocycles. The summed E-state index contributed by atoms with van der Waals surface area (Å²) in [6.45, 7) is 0. The quantitative estimate of drug-likeness (QED) is 0.295. The number of benzene rings is 4. The lowest BCUT2D eigenvalue weighted by Crippen LogP contribution is -2.01. The Balaban J connectivity index is 1.24. The minimum absolute atomic E-state index is 0.0244. The molecule has 0 saturated heterocycles. The van der Waals surface area contributed by atoms with Crippen LogP contribution in [-0.4, -0.2) is 15.8 Å². The number of para-hydroxylation sites is 2. The van der Waals surface area contributed by atoms with Gasteiger partial charge < -0.3 is 9.97 Å². The molecule has 0 unspecified atom stereocenters. The van der Waals surface area contributed by atoms with Crippen LogP contribution in [0.3, 0.4) is 0 Å². The molecule has 6 rings (SSSR count). The van der Waals surface area contributed by atoms with E-state index in [-0.39, 0.29) is 5.78 Å². The first-order valence-electron chi connectivity index (χ1n) is 10.7. The average molecular weight is 412 g/mol. The minimum atomic E-state index is 0.0244. The van der Waals surface area contributed by atoms with Crippen LogP contribution in [0.25, 0.3) is 44.3 Å². The maximum absolute atomic E-state index is 13.0. The number of carbonyl (C=O) groups excluding carboxylic acids is 1. The zero-order valence-electron chi connectivity index (χ0n) is 17.3. The number of hydrogen-bond acceptors (Lipinski definition) is 1. The molecular formula is C29H20N2O. The molecule has 0 fully saturated rings. The lowest BCUT2D eigenvalue weighted by molar-refractivity contribution is 0.103. The number of ketones is 1. The number of rotatable bonds is 4. The number of fused-ring (bicyclic) bond motifs is 2. The topological polar surface area (TPSA) is 48.6 Å². The van der Waals surface area contributed by atoms with Crippen LogP contribution in [0.5, 0.6) is 0 Å². The highest BCUT2D eigenvalue weighted by Crippen LogP contribution is 2.26. The van der Waals surface area contributed by atoms with E-state index < -0.39 is 0 Å². The summed E-state index contributed by atoms with van der Waals surface area (Å²) in [5.41, 5.74) is 7.81. The molecule has 0 aliphatic rings. The number of nitrogens with one attached hydrogen (secondary N) is 2. The van der Waals surface area contributed by atoms with Crippen molar-refractivity contribution in [2.75, 3.05) is 0 Å². The molecule has 32 heavy (non-hydrogen) atoms. The minimum Gasteiger partial charge on any atom is -0.355 e. The van der Waals surface area contributed by atoms with E-state index in [4.69, 9.17) is 0 Å². The van der Waals surface area contributed by atoms with Crippen LogP contribution in [0.4, 0.5) is 0 Å². The summed E-state index contributed by atoms with van der Waals surface area (Å²) in [7, 11) is 0. The Morgan fingerprint density at radius 3 is 1.31 bits per heavy atom. The Bertz CT molecular complexity index is 1380. The Hall–Kier alpha value is -4.37. The summed E-state index contributed by atoms with van der Waals surface area (Å²) in [6.07, 6.45) is 0. The van der Waals surface area contributed by atoms with Crippen molar-refractivity contribution < 1.29 is 4.79 Å². The Morgan fingerprint density at radius 1 is 0.500 bits per heavy atom. The van der Waals surface area contributed by atoms with Gasteiger partial charge in [0.1, 0.15) is 0 Å². The second kappa shape index (κ2) is 7.40. The third-order valence-corrected chi connectivity index (χ3v) is 5.98. The summed E-state index contributed by atoms with van der Waals surface area (Å²) in [4.78, 5) is 19.9. The maximum atomic E-state index is 13.0. The van der Waals surface area contributed by atoms with E-state index in [1.165, 1.54) is 10.8 Å². The molecule has 0 amide bonds. The molecule has 6 aromatic rings. The summed E-state index contributed by atoms with van der Waals surface area (Å²) < 4.78 is 0. The molecule has 0 spiro atoms. The van der Waals surface area contributed by atoms with Gasteiger partial charge in [0.25, 0.3) is 0 Å². The monoisotopic (exact) mass is 412 g/mol. The van der Waals surface area contributed by atoms with E-state index in [2.05, 4.69) is 46.4 Å². The van der Waals surface area contributed by atoms with Gasteiger partial charge in [-0.3, -0.25) is 4.79 Å². The van der Waals surface area contributed by atoms with Gasteiger partial charge in [-0.15, -0.1) is 0 Å². The molecule has 2 aromatic heterocycles. The molecule has 4 aromatic carbocycles. The molecule has 3 heteroatoms. The zero-order valence-corrected chi connectivity index (χ0v) is 17.3. The SMILES string of the molecule is O=C(c1ccc(-c2cc3ccccc3[nH]2)cc1)c1ccc(-c2cc3ccccc3[nH]2)cc1. The Kier molecular flexibility index (Phi) is 4.25. The predicted molar refractivity (Wildman–Crippen MR) is 131 cm³/mol. The predicted octanol–water partition coefficient (Wildman–Crippen LogP) is 7.21. The fraction of sp³-hybridized carbons (Fsp3) is 0. The Labute approximate surface area is 185 Å². The van der Waals surface area contributed by atoms with Crippen LogP contribution in [0.15, 0.2) is 109 Å². The van der Waals surface area contributed by atoms with Gasteiger partial charge in [-0.05, 0) is 35.4 Å². The van der Waals surface area contributed by atoms with Crippen molar-refractivity contribution in [2.24, 2.45) is 0 Å². The number of aromatic nitrogens is 2. The molecular weight excluding hydrogens is 392 g/mol. The lowest BCUT2D eigenvalue weighted by Gasteiger charge is -2.05. The standard InChI is InChI=1S/C29H20N2O/c32-29(21-13-9-19(10-14-21)27-17-23-5-1-3-7-25(23)30-27)22-15-11-20(12-16-22)28-18-24-6-2-4-8-26(24)31-28/h1-18,30-31H. The van der Waals surface area contributed by atoms with Crippen LogP contribution in [-0.2, 0) is 0 Å². The van der Waals surface area contributed by atoms with Crippen molar-refractivity contribution in [3.8, 4) is 22.5 Å². The molecule has 0 aliphatic heterocycles. The van der Waals surface area contributed by atoms with E-state index >= 15 is 0 Å². The van der Waals surface area contributed by atoms with Gasteiger partial charge in [0, 0.05) is 44.3 Å². The summed E-state index contributed by atoms with van der Waals surface area (Å²) in [5.74, 6) is 0.0244. The van der Waals surface area contributed by atoms with Crippen molar-refractivity contribution in [2.45, 2.75) is 0 Å². The van der Waals surface area contributed by atoms with Crippen LogP contribution in [0.1, 0.15) is 15.9 Å². The highest BCUT2D eigenvalue weighted by atomic mass is 16.1. The number of carbonyl (C=O) groups is 1. The highest BCUT2D eigenvalue weighted by molar-refractivity contribution is 6.09. The molecule has 152 valence electrons. The van der Waals surface area contributed by atoms with E-state index in [1.807, 2.05) is 72.8 Å². The number of aromatic amines is 2. The van der Waals surface area contributed by atoms with E-state index in [9.17, 15) is 4.79 Å². The first kappa shape index (κ1) is 18.4. The fourth-order valence-electron chi connectivity index (χ4n) is 4.23. The van der Waals surface area contributed by atoms with Gasteiger partial charge in [-0.2, -0.15) is 0 Å². The van der Waals surface area contributed by atoms with Gasteiger partial charge >= 0.3 is 0 Å². The molecule has 0 aliphatic carbocycles. The summed E-state index contributed by atoms with van der Waals surface area (Å²) in [5, 5.41) is 2.36.